The van der Waals surface area contributed by atoms with Crippen molar-refractivity contribution in [3.8, 4) is 11.8 Å². The minimum absolute atomic E-state index is 0.188. The molecule has 0 aliphatic heterocycles. The van der Waals surface area contributed by atoms with Crippen LogP contribution in [0.15, 0.2) is 29.2 Å². The summed E-state index contributed by atoms with van der Waals surface area (Å²) in [5.74, 6) is 5.39. The quantitative estimate of drug-likeness (QED) is 0.554. The molecule has 4 heteroatoms. The Kier molecular flexibility index (Phi) is 3.64. The van der Waals surface area contributed by atoms with Crippen LogP contribution in [0.2, 0.25) is 0 Å². The van der Waals surface area contributed by atoms with Crippen LogP contribution in [-0.4, -0.2) is 21.0 Å². The number of sulfone groups is 1. The van der Waals surface area contributed by atoms with Crippen LogP contribution in [0.4, 0.5) is 0 Å². The minimum Gasteiger partial charge on any atom is -0.302 e. The van der Waals surface area contributed by atoms with Crippen molar-refractivity contribution in [2.75, 3.05) is 6.26 Å². The molecule has 0 aliphatic rings. The van der Waals surface area contributed by atoms with Gasteiger partial charge in [0.1, 0.15) is 6.29 Å². The molecule has 0 amide bonds. The highest BCUT2D eigenvalue weighted by Gasteiger charge is 2.04. The standard InChI is InChI=1S/C11H10O3S/c1-15(13,14)11-7-5-10(6-8-11)4-2-3-9-12/h5-9H,3H2,1H3. The second-order valence-electron chi connectivity index (χ2n) is 2.97. The number of aldehydes is 1. The van der Waals surface area contributed by atoms with Crippen molar-refractivity contribution in [1.29, 1.82) is 0 Å². The van der Waals surface area contributed by atoms with E-state index in [0.717, 1.165) is 12.5 Å². The van der Waals surface area contributed by atoms with Gasteiger partial charge in [0.05, 0.1) is 11.3 Å². The summed E-state index contributed by atoms with van der Waals surface area (Å²) in [6.45, 7) is 0. The summed E-state index contributed by atoms with van der Waals surface area (Å²) in [4.78, 5) is 10.3. The van der Waals surface area contributed by atoms with Crippen LogP contribution < -0.4 is 0 Å². The fraction of sp³-hybridized carbons (Fsp3) is 0.182. The summed E-state index contributed by atoms with van der Waals surface area (Å²) < 4.78 is 22.2. The molecule has 0 saturated heterocycles. The Labute approximate surface area is 89.0 Å². The van der Waals surface area contributed by atoms with Gasteiger partial charge >= 0.3 is 0 Å². The molecule has 3 nitrogen and oxygen atoms in total. The largest absolute Gasteiger partial charge is 0.302 e. The Hall–Kier alpha value is -1.60. The van der Waals surface area contributed by atoms with Gasteiger partial charge in [-0.15, -0.1) is 0 Å². The van der Waals surface area contributed by atoms with E-state index in [9.17, 15) is 13.2 Å². The van der Waals surface area contributed by atoms with E-state index < -0.39 is 9.84 Å². The zero-order valence-corrected chi connectivity index (χ0v) is 9.04. The van der Waals surface area contributed by atoms with Crippen LogP contribution in [0.3, 0.4) is 0 Å². The molecule has 1 aromatic carbocycles. The van der Waals surface area contributed by atoms with Gasteiger partial charge in [0.25, 0.3) is 0 Å². The second-order valence-corrected chi connectivity index (χ2v) is 4.98. The first kappa shape index (κ1) is 11.5. The van der Waals surface area contributed by atoms with Gasteiger partial charge in [0.15, 0.2) is 9.84 Å². The van der Waals surface area contributed by atoms with Crippen LogP contribution in [0.25, 0.3) is 0 Å². The number of carbonyl (C=O) groups is 1. The van der Waals surface area contributed by atoms with Gasteiger partial charge in [-0.1, -0.05) is 11.8 Å². The summed E-state index contributed by atoms with van der Waals surface area (Å²) >= 11 is 0. The number of benzene rings is 1. The predicted molar refractivity (Wildman–Crippen MR) is 57.1 cm³/mol. The molecule has 0 aliphatic carbocycles. The molecule has 15 heavy (non-hydrogen) atoms. The van der Waals surface area contributed by atoms with Gasteiger partial charge in [0, 0.05) is 11.8 Å². The maximum atomic E-state index is 11.1. The van der Waals surface area contributed by atoms with E-state index in [4.69, 9.17) is 0 Å². The minimum atomic E-state index is -3.15. The Balaban J connectivity index is 2.92. The molecule has 0 unspecified atom stereocenters. The predicted octanol–water partition coefficient (Wildman–Crippen LogP) is 1.03. The molecule has 0 aromatic heterocycles. The molecule has 0 bridgehead atoms. The Morgan fingerprint density at radius 1 is 1.27 bits per heavy atom. The fourth-order valence-electron chi connectivity index (χ4n) is 0.980. The molecular weight excluding hydrogens is 212 g/mol. The van der Waals surface area contributed by atoms with Crippen LogP contribution in [0.5, 0.6) is 0 Å². The van der Waals surface area contributed by atoms with Gasteiger partial charge in [-0.2, -0.15) is 0 Å². The summed E-state index contributed by atoms with van der Waals surface area (Å²) in [5, 5.41) is 0. The number of hydrogen-bond donors (Lipinski definition) is 0. The first-order valence-electron chi connectivity index (χ1n) is 4.26. The van der Waals surface area contributed by atoms with Crippen LogP contribution in [-0.2, 0) is 14.6 Å². The van der Waals surface area contributed by atoms with Gasteiger partial charge in [-0.05, 0) is 24.3 Å². The van der Waals surface area contributed by atoms with E-state index in [1.165, 1.54) is 12.1 Å². The molecule has 0 heterocycles. The van der Waals surface area contributed by atoms with E-state index >= 15 is 0 Å². The third-order valence-electron chi connectivity index (χ3n) is 1.70. The second kappa shape index (κ2) is 4.76. The molecular formula is C11H10O3S. The molecule has 0 spiro atoms. The molecule has 1 aromatic rings. The topological polar surface area (TPSA) is 51.2 Å². The SMILES string of the molecule is CS(=O)(=O)c1ccc(C#CCC=O)cc1. The average Bonchev–Trinajstić information content (AvgIpc) is 2.18. The Morgan fingerprint density at radius 2 is 1.87 bits per heavy atom. The van der Waals surface area contributed by atoms with Crippen molar-refractivity contribution in [2.24, 2.45) is 0 Å². The van der Waals surface area contributed by atoms with Crippen molar-refractivity contribution >= 4 is 16.1 Å². The van der Waals surface area contributed by atoms with Crippen molar-refractivity contribution in [3.63, 3.8) is 0 Å². The van der Waals surface area contributed by atoms with E-state index in [1.807, 2.05) is 0 Å². The monoisotopic (exact) mass is 222 g/mol. The fourth-order valence-corrected chi connectivity index (χ4v) is 1.61. The zero-order valence-electron chi connectivity index (χ0n) is 8.23. The summed E-state index contributed by atoms with van der Waals surface area (Å²) in [6, 6.07) is 6.24. The summed E-state index contributed by atoms with van der Waals surface area (Å²) in [5.41, 5.74) is 0.698. The lowest BCUT2D eigenvalue weighted by molar-refractivity contribution is -0.107. The molecule has 0 N–H and O–H groups in total. The first-order chi connectivity index (χ1) is 7.04. The van der Waals surface area contributed by atoms with E-state index in [2.05, 4.69) is 11.8 Å². The number of carbonyl (C=O) groups excluding carboxylic acids is 1. The number of hydrogen-bond acceptors (Lipinski definition) is 3. The third kappa shape index (κ3) is 3.56. The van der Waals surface area contributed by atoms with E-state index in [-0.39, 0.29) is 11.3 Å². The van der Waals surface area contributed by atoms with Crippen molar-refractivity contribution in [3.05, 3.63) is 29.8 Å². The molecule has 0 atom stereocenters. The van der Waals surface area contributed by atoms with Crippen molar-refractivity contribution in [2.45, 2.75) is 11.3 Å². The maximum Gasteiger partial charge on any atom is 0.175 e. The lowest BCUT2D eigenvalue weighted by Crippen LogP contribution is -1.96. The molecule has 78 valence electrons. The lowest BCUT2D eigenvalue weighted by atomic mass is 10.2. The summed E-state index contributed by atoms with van der Waals surface area (Å²) in [6.07, 6.45) is 2.06. The molecule has 0 saturated carbocycles. The average molecular weight is 222 g/mol. The first-order valence-corrected chi connectivity index (χ1v) is 6.16. The Morgan fingerprint density at radius 3 is 2.33 bits per heavy atom. The van der Waals surface area contributed by atoms with Crippen molar-refractivity contribution < 1.29 is 13.2 Å². The highest BCUT2D eigenvalue weighted by molar-refractivity contribution is 7.90. The van der Waals surface area contributed by atoms with Crippen molar-refractivity contribution in [1.82, 2.24) is 0 Å². The third-order valence-corrected chi connectivity index (χ3v) is 2.83. The van der Waals surface area contributed by atoms with Crippen LogP contribution in [0, 0.1) is 11.8 Å². The smallest absolute Gasteiger partial charge is 0.175 e. The molecule has 0 fully saturated rings. The van der Waals surface area contributed by atoms with Gasteiger partial charge < -0.3 is 4.79 Å². The van der Waals surface area contributed by atoms with Gasteiger partial charge in [-0.25, -0.2) is 8.42 Å². The maximum absolute atomic E-state index is 11.1. The number of rotatable bonds is 2. The van der Waals surface area contributed by atoms with E-state index in [1.54, 1.807) is 12.1 Å². The molecule has 1 rings (SSSR count). The zero-order chi connectivity index (χ0) is 11.3. The molecule has 0 radical (unpaired) electrons. The van der Waals surface area contributed by atoms with Gasteiger partial charge in [-0.3, -0.25) is 0 Å². The highest BCUT2D eigenvalue weighted by atomic mass is 32.2. The summed E-state index contributed by atoms with van der Waals surface area (Å²) in [7, 11) is -3.15. The Bertz CT molecular complexity index is 501. The van der Waals surface area contributed by atoms with Crippen LogP contribution in [0.1, 0.15) is 12.0 Å². The lowest BCUT2D eigenvalue weighted by Gasteiger charge is -1.96. The highest BCUT2D eigenvalue weighted by Crippen LogP contribution is 2.09. The van der Waals surface area contributed by atoms with Gasteiger partial charge in [0.2, 0.25) is 0 Å². The van der Waals surface area contributed by atoms with E-state index in [0.29, 0.717) is 5.56 Å². The van der Waals surface area contributed by atoms with Crippen LogP contribution >= 0.6 is 0 Å². The normalized spacial score (nSPS) is 10.2.